The summed E-state index contributed by atoms with van der Waals surface area (Å²) in [6.07, 6.45) is 1.04. The topological polar surface area (TPSA) is 77.1 Å². The Morgan fingerprint density at radius 2 is 1.59 bits per heavy atom. The van der Waals surface area contributed by atoms with Gasteiger partial charge in [0.2, 0.25) is 11.8 Å². The molecule has 0 saturated carbocycles. The Morgan fingerprint density at radius 3 is 2.26 bits per heavy atom. The van der Waals surface area contributed by atoms with Crippen LogP contribution in [0.2, 0.25) is 0 Å². The van der Waals surface area contributed by atoms with Crippen molar-refractivity contribution in [2.45, 2.75) is 38.8 Å². The Kier molecular flexibility index (Phi) is 11.8. The van der Waals surface area contributed by atoms with Crippen LogP contribution in [0, 0.1) is 5.82 Å². The van der Waals surface area contributed by atoms with E-state index < -0.39 is 6.04 Å². The van der Waals surface area contributed by atoms with Crippen molar-refractivity contribution in [3.63, 3.8) is 0 Å². The number of halogens is 1. The zero-order chi connectivity index (χ0) is 28.0. The van der Waals surface area contributed by atoms with Crippen LogP contribution in [0.25, 0.3) is 0 Å². The van der Waals surface area contributed by atoms with Gasteiger partial charge in [0.05, 0.1) is 20.6 Å². The maximum absolute atomic E-state index is 13.9. The number of amides is 2. The second-order valence-electron chi connectivity index (χ2n) is 9.06. The molecule has 208 valence electrons. The largest absolute Gasteiger partial charge is 0.493 e. The number of nitrogens with one attached hydrogen (secondary N) is 1. The van der Waals surface area contributed by atoms with E-state index in [9.17, 15) is 14.0 Å². The molecular formula is C31H37FN2O5. The van der Waals surface area contributed by atoms with Crippen molar-refractivity contribution >= 4 is 11.8 Å². The van der Waals surface area contributed by atoms with E-state index >= 15 is 0 Å². The molecule has 8 heteroatoms. The van der Waals surface area contributed by atoms with Crippen LogP contribution in [0.3, 0.4) is 0 Å². The summed E-state index contributed by atoms with van der Waals surface area (Å²) in [5, 5.41) is 2.98. The van der Waals surface area contributed by atoms with E-state index in [-0.39, 0.29) is 30.6 Å². The Labute approximate surface area is 229 Å². The van der Waals surface area contributed by atoms with E-state index in [0.717, 1.165) is 16.7 Å². The Hall–Kier alpha value is -3.91. The lowest BCUT2D eigenvalue weighted by molar-refractivity contribution is -0.140. The number of carbonyl (C=O) groups excluding carboxylic acids is 2. The highest BCUT2D eigenvalue weighted by molar-refractivity contribution is 5.88. The van der Waals surface area contributed by atoms with Crippen LogP contribution in [0.4, 0.5) is 4.39 Å². The van der Waals surface area contributed by atoms with Gasteiger partial charge in [-0.1, -0.05) is 48.5 Å². The third-order valence-corrected chi connectivity index (χ3v) is 6.31. The summed E-state index contributed by atoms with van der Waals surface area (Å²) in [5.41, 5.74) is 2.37. The van der Waals surface area contributed by atoms with Crippen molar-refractivity contribution in [2.24, 2.45) is 0 Å². The minimum Gasteiger partial charge on any atom is -0.493 e. The number of rotatable bonds is 15. The summed E-state index contributed by atoms with van der Waals surface area (Å²) in [6, 6.07) is 20.1. The zero-order valence-electron chi connectivity index (χ0n) is 22.8. The number of methoxy groups -OCH3 is 2. The van der Waals surface area contributed by atoms with E-state index in [2.05, 4.69) is 5.32 Å². The first-order valence-electron chi connectivity index (χ1n) is 13.1. The molecule has 0 radical (unpaired) electrons. The van der Waals surface area contributed by atoms with Crippen molar-refractivity contribution in [1.82, 2.24) is 10.2 Å². The van der Waals surface area contributed by atoms with Crippen LogP contribution in [0.15, 0.2) is 72.8 Å². The SMILES string of the molecule is CCOCCCNC(=O)C(Cc1ccccc1)N(Cc1ccc(F)cc1)C(=O)Cc1ccc(OC)c(OC)c1. The fourth-order valence-corrected chi connectivity index (χ4v) is 4.26. The molecule has 2 amide bonds. The van der Waals surface area contributed by atoms with Crippen LogP contribution in [-0.4, -0.2) is 56.7 Å². The van der Waals surface area contributed by atoms with Crippen LogP contribution >= 0.6 is 0 Å². The first kappa shape index (κ1) is 29.6. The van der Waals surface area contributed by atoms with E-state index in [0.29, 0.717) is 44.1 Å². The van der Waals surface area contributed by atoms with Crippen LogP contribution in [0.5, 0.6) is 11.5 Å². The molecule has 0 aromatic heterocycles. The minimum atomic E-state index is -0.780. The lowest BCUT2D eigenvalue weighted by atomic mass is 10.0. The molecule has 3 rings (SSSR count). The van der Waals surface area contributed by atoms with Gasteiger partial charge >= 0.3 is 0 Å². The molecule has 0 spiro atoms. The molecule has 1 unspecified atom stereocenters. The third kappa shape index (κ3) is 9.11. The normalized spacial score (nSPS) is 11.5. The summed E-state index contributed by atoms with van der Waals surface area (Å²) >= 11 is 0. The van der Waals surface area contributed by atoms with Crippen LogP contribution in [-0.2, 0) is 33.7 Å². The lowest BCUT2D eigenvalue weighted by Gasteiger charge is -2.32. The first-order valence-corrected chi connectivity index (χ1v) is 13.1. The summed E-state index contributed by atoms with van der Waals surface area (Å²) in [6.45, 7) is 3.65. The van der Waals surface area contributed by atoms with Gasteiger partial charge < -0.3 is 24.4 Å². The van der Waals surface area contributed by atoms with Crippen molar-refractivity contribution in [3.05, 3.63) is 95.3 Å². The standard InChI is InChI=1S/C31H37FN2O5/c1-4-39-18-8-17-33-31(36)27(19-23-9-6-5-7-10-23)34(22-24-11-14-26(32)15-12-24)30(35)21-25-13-16-28(37-2)29(20-25)38-3/h5-7,9-16,20,27H,4,8,17-19,21-22H2,1-3H3,(H,33,36). The molecule has 1 N–H and O–H groups in total. The summed E-state index contributed by atoms with van der Waals surface area (Å²) in [7, 11) is 3.09. The first-order chi connectivity index (χ1) is 18.9. The number of hydrogen-bond acceptors (Lipinski definition) is 5. The maximum atomic E-state index is 13.9. The Morgan fingerprint density at radius 1 is 0.897 bits per heavy atom. The molecule has 0 bridgehead atoms. The van der Waals surface area contributed by atoms with Gasteiger partial charge in [0.25, 0.3) is 0 Å². The number of carbonyl (C=O) groups is 2. The molecule has 0 heterocycles. The highest BCUT2D eigenvalue weighted by Crippen LogP contribution is 2.28. The van der Waals surface area contributed by atoms with Gasteiger partial charge in [-0.15, -0.1) is 0 Å². The predicted octanol–water partition coefficient (Wildman–Crippen LogP) is 4.57. The minimum absolute atomic E-state index is 0.0461. The molecule has 39 heavy (non-hydrogen) atoms. The van der Waals surface area contributed by atoms with Crippen molar-refractivity contribution in [1.29, 1.82) is 0 Å². The fourth-order valence-electron chi connectivity index (χ4n) is 4.26. The summed E-state index contributed by atoms with van der Waals surface area (Å²) < 4.78 is 29.7. The van der Waals surface area contributed by atoms with Crippen LogP contribution < -0.4 is 14.8 Å². The summed E-state index contributed by atoms with van der Waals surface area (Å²) in [4.78, 5) is 29.0. The fraction of sp³-hybridized carbons (Fsp3) is 0.355. The molecule has 0 fully saturated rings. The lowest BCUT2D eigenvalue weighted by Crippen LogP contribution is -2.51. The van der Waals surface area contributed by atoms with Gasteiger partial charge in [0, 0.05) is 32.7 Å². The van der Waals surface area contributed by atoms with E-state index in [1.165, 1.54) is 19.2 Å². The second-order valence-corrected chi connectivity index (χ2v) is 9.06. The molecule has 3 aromatic rings. The van der Waals surface area contributed by atoms with E-state index in [4.69, 9.17) is 14.2 Å². The molecule has 0 aliphatic carbocycles. The smallest absolute Gasteiger partial charge is 0.243 e. The van der Waals surface area contributed by atoms with Crippen LogP contribution in [0.1, 0.15) is 30.0 Å². The number of benzene rings is 3. The molecule has 7 nitrogen and oxygen atoms in total. The highest BCUT2D eigenvalue weighted by atomic mass is 19.1. The monoisotopic (exact) mass is 536 g/mol. The van der Waals surface area contributed by atoms with Gasteiger partial charge in [-0.25, -0.2) is 4.39 Å². The zero-order valence-corrected chi connectivity index (χ0v) is 22.8. The molecule has 1 atom stereocenters. The number of nitrogens with zero attached hydrogens (tertiary/aromatic N) is 1. The van der Waals surface area contributed by atoms with E-state index in [1.54, 1.807) is 42.3 Å². The van der Waals surface area contributed by atoms with Crippen molar-refractivity contribution in [3.8, 4) is 11.5 Å². The molecular weight excluding hydrogens is 499 g/mol. The molecule has 0 aliphatic rings. The predicted molar refractivity (Wildman–Crippen MR) is 148 cm³/mol. The van der Waals surface area contributed by atoms with E-state index in [1.807, 2.05) is 37.3 Å². The van der Waals surface area contributed by atoms with Gasteiger partial charge in [0.15, 0.2) is 11.5 Å². The Bertz CT molecular complexity index is 1190. The van der Waals surface area contributed by atoms with Gasteiger partial charge in [-0.05, 0) is 54.3 Å². The van der Waals surface area contributed by atoms with Gasteiger partial charge in [0.1, 0.15) is 11.9 Å². The van der Waals surface area contributed by atoms with Crippen molar-refractivity contribution in [2.75, 3.05) is 34.0 Å². The molecule has 0 aliphatic heterocycles. The second kappa shape index (κ2) is 15.5. The maximum Gasteiger partial charge on any atom is 0.243 e. The molecule has 3 aromatic carbocycles. The molecule has 0 saturated heterocycles. The number of hydrogen-bond donors (Lipinski definition) is 1. The Balaban J connectivity index is 1.91. The average Bonchev–Trinajstić information content (AvgIpc) is 2.96. The quantitative estimate of drug-likeness (QED) is 0.288. The number of ether oxygens (including phenoxy) is 3. The highest BCUT2D eigenvalue weighted by Gasteiger charge is 2.30. The average molecular weight is 537 g/mol. The van der Waals surface area contributed by atoms with Gasteiger partial charge in [-0.2, -0.15) is 0 Å². The van der Waals surface area contributed by atoms with Gasteiger partial charge in [-0.3, -0.25) is 9.59 Å². The third-order valence-electron chi connectivity index (χ3n) is 6.31. The summed E-state index contributed by atoms with van der Waals surface area (Å²) in [5.74, 6) is 0.218. The van der Waals surface area contributed by atoms with Crippen molar-refractivity contribution < 1.29 is 28.2 Å².